The maximum absolute atomic E-state index is 11.9. The summed E-state index contributed by atoms with van der Waals surface area (Å²) in [6, 6.07) is 7.60. The fourth-order valence-electron chi connectivity index (χ4n) is 1.60. The molecular weight excluding hydrogens is 262 g/mol. The predicted molar refractivity (Wildman–Crippen MR) is 73.2 cm³/mol. The van der Waals surface area contributed by atoms with E-state index < -0.39 is 17.2 Å². The van der Waals surface area contributed by atoms with Gasteiger partial charge in [-0.15, -0.1) is 0 Å². The average Bonchev–Trinajstić information content (AvgIpc) is 2.38. The van der Waals surface area contributed by atoms with Gasteiger partial charge in [0.1, 0.15) is 11.6 Å². The molecule has 0 aliphatic carbocycles. The zero-order valence-corrected chi connectivity index (χ0v) is 10.7. The molecule has 0 saturated carbocycles. The SMILES string of the molecule is CCOc1ccc(C(=O)Nc2cc(=O)[nH]c(=O)[nH]2)cc1. The third-order valence-corrected chi connectivity index (χ3v) is 2.44. The Morgan fingerprint density at radius 3 is 2.50 bits per heavy atom. The topological polar surface area (TPSA) is 104 Å². The van der Waals surface area contributed by atoms with Gasteiger partial charge in [0, 0.05) is 11.6 Å². The van der Waals surface area contributed by atoms with E-state index in [-0.39, 0.29) is 5.82 Å². The Balaban J connectivity index is 2.15. The van der Waals surface area contributed by atoms with Gasteiger partial charge >= 0.3 is 5.69 Å². The Kier molecular flexibility index (Phi) is 3.99. The van der Waals surface area contributed by atoms with Crippen molar-refractivity contribution < 1.29 is 9.53 Å². The van der Waals surface area contributed by atoms with Gasteiger partial charge in [0.05, 0.1) is 6.61 Å². The number of carbonyl (C=O) groups excluding carboxylic acids is 1. The Hall–Kier alpha value is -2.83. The molecule has 7 nitrogen and oxygen atoms in total. The predicted octanol–water partition coefficient (Wildman–Crippen LogP) is 0.714. The highest BCUT2D eigenvalue weighted by atomic mass is 16.5. The number of aromatic amines is 2. The van der Waals surface area contributed by atoms with E-state index in [1.807, 2.05) is 11.9 Å². The monoisotopic (exact) mass is 275 g/mol. The fourth-order valence-corrected chi connectivity index (χ4v) is 1.60. The molecule has 0 atom stereocenters. The van der Waals surface area contributed by atoms with Crippen LogP contribution < -0.4 is 21.3 Å². The van der Waals surface area contributed by atoms with Crippen molar-refractivity contribution in [3.8, 4) is 5.75 Å². The molecule has 1 aromatic heterocycles. The second-order valence-corrected chi connectivity index (χ2v) is 3.91. The van der Waals surface area contributed by atoms with Crippen LogP contribution in [0.25, 0.3) is 0 Å². The molecule has 0 unspecified atom stereocenters. The van der Waals surface area contributed by atoms with Gasteiger partial charge in [0.2, 0.25) is 0 Å². The minimum atomic E-state index is -0.681. The number of benzene rings is 1. The van der Waals surface area contributed by atoms with Gasteiger partial charge < -0.3 is 10.1 Å². The van der Waals surface area contributed by atoms with E-state index in [4.69, 9.17) is 4.74 Å². The van der Waals surface area contributed by atoms with E-state index in [1.54, 1.807) is 24.3 Å². The molecule has 0 saturated heterocycles. The van der Waals surface area contributed by atoms with Crippen LogP contribution in [0.15, 0.2) is 39.9 Å². The minimum absolute atomic E-state index is 0.0395. The van der Waals surface area contributed by atoms with Gasteiger partial charge in [0.25, 0.3) is 11.5 Å². The largest absolute Gasteiger partial charge is 0.494 e. The van der Waals surface area contributed by atoms with E-state index in [9.17, 15) is 14.4 Å². The summed E-state index contributed by atoms with van der Waals surface area (Å²) in [5, 5.41) is 2.44. The number of hydrogen-bond acceptors (Lipinski definition) is 4. The quantitative estimate of drug-likeness (QED) is 0.764. The molecule has 1 heterocycles. The summed E-state index contributed by atoms with van der Waals surface area (Å²) in [6.45, 7) is 2.41. The first-order chi connectivity index (χ1) is 9.58. The minimum Gasteiger partial charge on any atom is -0.494 e. The summed E-state index contributed by atoms with van der Waals surface area (Å²) >= 11 is 0. The molecule has 0 aliphatic rings. The van der Waals surface area contributed by atoms with Gasteiger partial charge in [-0.05, 0) is 31.2 Å². The highest BCUT2D eigenvalue weighted by molar-refractivity contribution is 6.03. The average molecular weight is 275 g/mol. The lowest BCUT2D eigenvalue weighted by molar-refractivity contribution is 0.102. The molecule has 1 aromatic carbocycles. The Labute approximate surface area is 113 Å². The molecule has 0 bridgehead atoms. The molecule has 0 radical (unpaired) electrons. The third-order valence-electron chi connectivity index (χ3n) is 2.44. The zero-order valence-electron chi connectivity index (χ0n) is 10.7. The van der Waals surface area contributed by atoms with Gasteiger partial charge in [-0.2, -0.15) is 0 Å². The highest BCUT2D eigenvalue weighted by Gasteiger charge is 2.07. The molecule has 0 aliphatic heterocycles. The third kappa shape index (κ3) is 3.35. The van der Waals surface area contributed by atoms with Gasteiger partial charge in [-0.3, -0.25) is 19.6 Å². The maximum atomic E-state index is 11.9. The van der Waals surface area contributed by atoms with Crippen LogP contribution in [0.4, 0.5) is 5.82 Å². The van der Waals surface area contributed by atoms with Crippen molar-refractivity contribution in [3.63, 3.8) is 0 Å². The summed E-state index contributed by atoms with van der Waals surface area (Å²) in [4.78, 5) is 38.4. The number of amides is 1. The van der Waals surface area contributed by atoms with Crippen LogP contribution >= 0.6 is 0 Å². The van der Waals surface area contributed by atoms with Gasteiger partial charge in [-0.25, -0.2) is 4.79 Å². The van der Waals surface area contributed by atoms with Crippen molar-refractivity contribution in [1.29, 1.82) is 0 Å². The lowest BCUT2D eigenvalue weighted by atomic mass is 10.2. The number of nitrogens with one attached hydrogen (secondary N) is 3. The molecule has 0 spiro atoms. The molecule has 2 aromatic rings. The zero-order chi connectivity index (χ0) is 14.5. The Bertz CT molecular complexity index is 687. The summed E-state index contributed by atoms with van der Waals surface area (Å²) in [6.07, 6.45) is 0. The molecule has 20 heavy (non-hydrogen) atoms. The van der Waals surface area contributed by atoms with E-state index in [0.29, 0.717) is 17.9 Å². The van der Waals surface area contributed by atoms with Crippen molar-refractivity contribution in [2.24, 2.45) is 0 Å². The van der Waals surface area contributed by atoms with Crippen LogP contribution in [0, 0.1) is 0 Å². The first-order valence-electron chi connectivity index (χ1n) is 5.96. The lowest BCUT2D eigenvalue weighted by Gasteiger charge is -2.06. The van der Waals surface area contributed by atoms with Crippen molar-refractivity contribution in [2.45, 2.75) is 6.92 Å². The summed E-state index contributed by atoms with van der Waals surface area (Å²) in [7, 11) is 0. The smallest absolute Gasteiger partial charge is 0.327 e. The van der Waals surface area contributed by atoms with E-state index in [0.717, 1.165) is 6.07 Å². The highest BCUT2D eigenvalue weighted by Crippen LogP contribution is 2.12. The molecule has 104 valence electrons. The number of hydrogen-bond donors (Lipinski definition) is 3. The van der Waals surface area contributed by atoms with Crippen LogP contribution in [-0.2, 0) is 0 Å². The van der Waals surface area contributed by atoms with Crippen molar-refractivity contribution in [2.75, 3.05) is 11.9 Å². The fraction of sp³-hybridized carbons (Fsp3) is 0.154. The van der Waals surface area contributed by atoms with Crippen LogP contribution in [0.2, 0.25) is 0 Å². The van der Waals surface area contributed by atoms with E-state index >= 15 is 0 Å². The van der Waals surface area contributed by atoms with Crippen LogP contribution in [0.1, 0.15) is 17.3 Å². The van der Waals surface area contributed by atoms with Crippen LogP contribution in [-0.4, -0.2) is 22.5 Å². The number of rotatable bonds is 4. The first-order valence-corrected chi connectivity index (χ1v) is 5.96. The standard InChI is InChI=1S/C13H13N3O4/c1-2-20-9-5-3-8(4-6-9)12(18)14-10-7-11(17)16-13(19)15-10/h3-7H,2H2,1H3,(H3,14,15,16,17,18,19). The summed E-state index contributed by atoms with van der Waals surface area (Å²) in [5.41, 5.74) is -0.884. The normalized spacial score (nSPS) is 10.1. The van der Waals surface area contributed by atoms with Crippen LogP contribution in [0.3, 0.4) is 0 Å². The number of anilines is 1. The molecule has 2 rings (SSSR count). The molecule has 0 fully saturated rings. The molecular formula is C13H13N3O4. The first kappa shape index (κ1) is 13.6. The number of ether oxygens (including phenoxy) is 1. The van der Waals surface area contributed by atoms with Crippen molar-refractivity contribution in [3.05, 3.63) is 56.7 Å². The van der Waals surface area contributed by atoms with Crippen molar-refractivity contribution >= 4 is 11.7 Å². The number of carbonyl (C=O) groups is 1. The molecule has 7 heteroatoms. The van der Waals surface area contributed by atoms with Crippen molar-refractivity contribution in [1.82, 2.24) is 9.97 Å². The van der Waals surface area contributed by atoms with E-state index in [1.165, 1.54) is 0 Å². The van der Waals surface area contributed by atoms with Crippen LogP contribution in [0.5, 0.6) is 5.75 Å². The second-order valence-electron chi connectivity index (χ2n) is 3.91. The van der Waals surface area contributed by atoms with Gasteiger partial charge in [0.15, 0.2) is 0 Å². The lowest BCUT2D eigenvalue weighted by Crippen LogP contribution is -2.24. The summed E-state index contributed by atoms with van der Waals surface area (Å²) in [5.74, 6) is 0.264. The summed E-state index contributed by atoms with van der Waals surface area (Å²) < 4.78 is 5.27. The number of H-pyrrole nitrogens is 2. The molecule has 3 N–H and O–H groups in total. The number of aromatic nitrogens is 2. The Morgan fingerprint density at radius 1 is 1.20 bits per heavy atom. The van der Waals surface area contributed by atoms with E-state index in [2.05, 4.69) is 10.3 Å². The Morgan fingerprint density at radius 2 is 1.90 bits per heavy atom. The maximum Gasteiger partial charge on any atom is 0.327 e. The molecule has 1 amide bonds. The van der Waals surface area contributed by atoms with Gasteiger partial charge in [-0.1, -0.05) is 0 Å². The second kappa shape index (κ2) is 5.87.